The summed E-state index contributed by atoms with van der Waals surface area (Å²) in [4.78, 5) is 0. The van der Waals surface area contributed by atoms with Crippen molar-refractivity contribution in [3.63, 3.8) is 0 Å². The molecule has 0 radical (unpaired) electrons. The van der Waals surface area contributed by atoms with E-state index in [0.717, 1.165) is 21.5 Å². The standard InChI is InChI=1S/C9H11BrO2S/c1-11-6-3-8(10)7(5-13)9(4-6)12-2/h3-4,13H,5H2,1-2H3. The zero-order chi connectivity index (χ0) is 9.84. The Hall–Kier alpha value is -0.350. The van der Waals surface area contributed by atoms with E-state index in [4.69, 9.17) is 9.47 Å². The van der Waals surface area contributed by atoms with Gasteiger partial charge in [0.05, 0.1) is 14.2 Å². The largest absolute Gasteiger partial charge is 0.497 e. The number of benzene rings is 1. The maximum absolute atomic E-state index is 5.20. The molecule has 4 heteroatoms. The molecule has 0 amide bonds. The number of rotatable bonds is 3. The molecular formula is C9H11BrO2S. The van der Waals surface area contributed by atoms with Crippen molar-refractivity contribution in [1.82, 2.24) is 0 Å². The lowest BCUT2D eigenvalue weighted by Gasteiger charge is -2.10. The second-order valence-electron chi connectivity index (χ2n) is 2.45. The van der Waals surface area contributed by atoms with E-state index in [1.165, 1.54) is 0 Å². The van der Waals surface area contributed by atoms with Crippen molar-refractivity contribution >= 4 is 28.6 Å². The summed E-state index contributed by atoms with van der Waals surface area (Å²) < 4.78 is 11.3. The van der Waals surface area contributed by atoms with Crippen LogP contribution in [0.1, 0.15) is 5.56 Å². The summed E-state index contributed by atoms with van der Waals surface area (Å²) in [5.74, 6) is 2.20. The number of methoxy groups -OCH3 is 2. The fourth-order valence-electron chi connectivity index (χ4n) is 1.04. The smallest absolute Gasteiger partial charge is 0.127 e. The molecule has 0 atom stereocenters. The predicted octanol–water partition coefficient (Wildman–Crippen LogP) is 2.90. The molecule has 1 aromatic rings. The minimum atomic E-state index is 0.633. The number of hydrogen-bond donors (Lipinski definition) is 1. The minimum absolute atomic E-state index is 0.633. The van der Waals surface area contributed by atoms with Crippen molar-refractivity contribution in [3.8, 4) is 11.5 Å². The van der Waals surface area contributed by atoms with E-state index >= 15 is 0 Å². The van der Waals surface area contributed by atoms with Crippen LogP contribution in [0.2, 0.25) is 0 Å². The first-order valence-electron chi connectivity index (χ1n) is 3.74. The van der Waals surface area contributed by atoms with Gasteiger partial charge in [0.25, 0.3) is 0 Å². The van der Waals surface area contributed by atoms with Gasteiger partial charge < -0.3 is 9.47 Å². The summed E-state index contributed by atoms with van der Waals surface area (Å²) in [6.45, 7) is 0. The second kappa shape index (κ2) is 4.77. The quantitative estimate of drug-likeness (QED) is 0.845. The van der Waals surface area contributed by atoms with Gasteiger partial charge in [-0.3, -0.25) is 0 Å². The highest BCUT2D eigenvalue weighted by Gasteiger charge is 2.08. The fraction of sp³-hybridized carbons (Fsp3) is 0.333. The average molecular weight is 263 g/mol. The third-order valence-corrected chi connectivity index (χ3v) is 2.77. The molecule has 72 valence electrons. The van der Waals surface area contributed by atoms with Crippen LogP contribution in [-0.4, -0.2) is 14.2 Å². The molecule has 1 aromatic carbocycles. The lowest BCUT2D eigenvalue weighted by molar-refractivity contribution is 0.391. The van der Waals surface area contributed by atoms with Crippen molar-refractivity contribution in [2.24, 2.45) is 0 Å². The lowest BCUT2D eigenvalue weighted by Crippen LogP contribution is -1.93. The Bertz CT molecular complexity index is 302. The predicted molar refractivity (Wildman–Crippen MR) is 59.9 cm³/mol. The second-order valence-corrected chi connectivity index (χ2v) is 3.62. The van der Waals surface area contributed by atoms with Crippen molar-refractivity contribution in [1.29, 1.82) is 0 Å². The third-order valence-electron chi connectivity index (χ3n) is 1.74. The van der Waals surface area contributed by atoms with Gasteiger partial charge >= 0.3 is 0 Å². The van der Waals surface area contributed by atoms with Crippen molar-refractivity contribution < 1.29 is 9.47 Å². The Kier molecular flexibility index (Phi) is 3.93. The van der Waals surface area contributed by atoms with Gasteiger partial charge in [-0.1, -0.05) is 15.9 Å². The SMILES string of the molecule is COc1cc(Br)c(CS)c(OC)c1. The van der Waals surface area contributed by atoms with Crippen LogP contribution >= 0.6 is 28.6 Å². The number of thiol groups is 1. The van der Waals surface area contributed by atoms with E-state index < -0.39 is 0 Å². The van der Waals surface area contributed by atoms with Gasteiger partial charge in [0.2, 0.25) is 0 Å². The number of halogens is 1. The maximum Gasteiger partial charge on any atom is 0.127 e. The van der Waals surface area contributed by atoms with Crippen LogP contribution in [0.25, 0.3) is 0 Å². The zero-order valence-corrected chi connectivity index (χ0v) is 9.98. The molecule has 0 bridgehead atoms. The highest BCUT2D eigenvalue weighted by atomic mass is 79.9. The summed E-state index contributed by atoms with van der Waals surface area (Å²) in [6, 6.07) is 3.74. The van der Waals surface area contributed by atoms with Crippen LogP contribution in [-0.2, 0) is 5.75 Å². The molecule has 0 heterocycles. The number of hydrogen-bond acceptors (Lipinski definition) is 3. The van der Waals surface area contributed by atoms with Gasteiger partial charge in [-0.25, -0.2) is 0 Å². The van der Waals surface area contributed by atoms with E-state index in [2.05, 4.69) is 28.6 Å². The third kappa shape index (κ3) is 2.31. The van der Waals surface area contributed by atoms with Crippen LogP contribution in [0.15, 0.2) is 16.6 Å². The molecule has 0 N–H and O–H groups in total. The molecule has 0 aromatic heterocycles. The summed E-state index contributed by atoms with van der Waals surface area (Å²) in [7, 11) is 3.26. The molecule has 1 rings (SSSR count). The molecule has 0 saturated carbocycles. The Labute approximate surface area is 91.8 Å². The average Bonchev–Trinajstić information content (AvgIpc) is 2.16. The number of ether oxygens (including phenoxy) is 2. The highest BCUT2D eigenvalue weighted by molar-refractivity contribution is 9.10. The molecular weight excluding hydrogens is 252 g/mol. The monoisotopic (exact) mass is 262 g/mol. The highest BCUT2D eigenvalue weighted by Crippen LogP contribution is 2.33. The molecule has 0 unspecified atom stereocenters. The summed E-state index contributed by atoms with van der Waals surface area (Å²) >= 11 is 7.65. The summed E-state index contributed by atoms with van der Waals surface area (Å²) in [6.07, 6.45) is 0. The maximum atomic E-state index is 5.20. The molecule has 0 saturated heterocycles. The van der Waals surface area contributed by atoms with Crippen LogP contribution in [0.5, 0.6) is 11.5 Å². The van der Waals surface area contributed by atoms with Gasteiger partial charge in [-0.2, -0.15) is 12.6 Å². The van der Waals surface area contributed by atoms with Crippen molar-refractivity contribution in [3.05, 3.63) is 22.2 Å². The van der Waals surface area contributed by atoms with Gasteiger partial charge in [0.1, 0.15) is 11.5 Å². The Balaban J connectivity index is 3.20. The van der Waals surface area contributed by atoms with Crippen LogP contribution in [0, 0.1) is 0 Å². The minimum Gasteiger partial charge on any atom is -0.497 e. The van der Waals surface area contributed by atoms with Gasteiger partial charge in [0, 0.05) is 21.9 Å². The molecule has 0 aliphatic rings. The Morgan fingerprint density at radius 1 is 1.31 bits per heavy atom. The van der Waals surface area contributed by atoms with Crippen LogP contribution in [0.4, 0.5) is 0 Å². The van der Waals surface area contributed by atoms with Crippen LogP contribution < -0.4 is 9.47 Å². The van der Waals surface area contributed by atoms with E-state index in [0.29, 0.717) is 5.75 Å². The molecule has 0 spiro atoms. The first-order chi connectivity index (χ1) is 6.22. The molecule has 0 fully saturated rings. The fourth-order valence-corrected chi connectivity index (χ4v) is 2.15. The Morgan fingerprint density at radius 3 is 2.46 bits per heavy atom. The van der Waals surface area contributed by atoms with Crippen molar-refractivity contribution in [2.45, 2.75) is 5.75 Å². The molecule has 13 heavy (non-hydrogen) atoms. The van der Waals surface area contributed by atoms with Crippen molar-refractivity contribution in [2.75, 3.05) is 14.2 Å². The Morgan fingerprint density at radius 2 is 2.00 bits per heavy atom. The first-order valence-corrected chi connectivity index (χ1v) is 5.16. The van der Waals surface area contributed by atoms with E-state index in [1.54, 1.807) is 14.2 Å². The molecule has 0 aliphatic carbocycles. The van der Waals surface area contributed by atoms with Gasteiger partial charge in [0.15, 0.2) is 0 Å². The zero-order valence-electron chi connectivity index (χ0n) is 7.50. The van der Waals surface area contributed by atoms with E-state index in [9.17, 15) is 0 Å². The normalized spacial score (nSPS) is 9.85. The summed E-state index contributed by atoms with van der Waals surface area (Å²) in [5, 5.41) is 0. The van der Waals surface area contributed by atoms with Crippen LogP contribution in [0.3, 0.4) is 0 Å². The molecule has 0 aliphatic heterocycles. The lowest BCUT2D eigenvalue weighted by atomic mass is 10.2. The van der Waals surface area contributed by atoms with Gasteiger partial charge in [-0.05, 0) is 6.07 Å². The molecule has 2 nitrogen and oxygen atoms in total. The van der Waals surface area contributed by atoms with E-state index in [1.807, 2.05) is 12.1 Å². The van der Waals surface area contributed by atoms with Gasteiger partial charge in [-0.15, -0.1) is 0 Å². The first kappa shape index (κ1) is 10.7. The topological polar surface area (TPSA) is 18.5 Å². The summed E-state index contributed by atoms with van der Waals surface area (Å²) in [5.41, 5.74) is 1.03. The van der Waals surface area contributed by atoms with E-state index in [-0.39, 0.29) is 0 Å².